The molecule has 1 fully saturated rings. The number of halogens is 1. The van der Waals surface area contributed by atoms with E-state index in [-0.39, 0.29) is 5.91 Å². The van der Waals surface area contributed by atoms with Gasteiger partial charge in [0.2, 0.25) is 5.91 Å². The van der Waals surface area contributed by atoms with Crippen LogP contribution in [0.3, 0.4) is 0 Å². The summed E-state index contributed by atoms with van der Waals surface area (Å²) in [5, 5.41) is 1.74. The van der Waals surface area contributed by atoms with Crippen LogP contribution in [0.25, 0.3) is 10.2 Å². The van der Waals surface area contributed by atoms with Crippen molar-refractivity contribution >= 4 is 56.0 Å². The minimum Gasteiger partial charge on any atom is -0.345 e. The lowest BCUT2D eigenvalue weighted by molar-refractivity contribution is -0.128. The first kappa shape index (κ1) is 17.6. The second kappa shape index (κ2) is 7.86. The number of nitrogens with zero attached hydrogens (tertiary/aromatic N) is 3. The SMILES string of the molecule is O=C(CSc1ccccc1)N1CCN(c2nc3ccc(Cl)cc3s2)CC1. The molecule has 0 N–H and O–H groups in total. The molecule has 0 atom stereocenters. The van der Waals surface area contributed by atoms with Crippen molar-refractivity contribution in [2.45, 2.75) is 4.90 Å². The standard InChI is InChI=1S/C19H18ClN3OS2/c20-14-6-7-16-17(12-14)26-19(21-16)23-10-8-22(9-11-23)18(24)13-25-15-4-2-1-3-5-15/h1-7,12H,8-11,13H2. The van der Waals surface area contributed by atoms with E-state index in [1.54, 1.807) is 23.1 Å². The molecule has 3 aromatic rings. The van der Waals surface area contributed by atoms with Crippen molar-refractivity contribution in [2.75, 3.05) is 36.8 Å². The van der Waals surface area contributed by atoms with Gasteiger partial charge in [-0.05, 0) is 30.3 Å². The number of carbonyl (C=O) groups excluding carboxylic acids is 1. The summed E-state index contributed by atoms with van der Waals surface area (Å²) in [5.74, 6) is 0.693. The van der Waals surface area contributed by atoms with Crippen molar-refractivity contribution < 1.29 is 4.79 Å². The molecule has 0 saturated carbocycles. The lowest BCUT2D eigenvalue weighted by Crippen LogP contribution is -2.49. The van der Waals surface area contributed by atoms with Crippen LogP contribution in [-0.4, -0.2) is 47.7 Å². The van der Waals surface area contributed by atoms with Gasteiger partial charge in [0.15, 0.2) is 5.13 Å². The summed E-state index contributed by atoms with van der Waals surface area (Å²) in [7, 11) is 0. The number of anilines is 1. The van der Waals surface area contributed by atoms with Crippen LogP contribution < -0.4 is 4.90 Å². The van der Waals surface area contributed by atoms with Gasteiger partial charge in [0.1, 0.15) is 0 Å². The predicted octanol–water partition coefficient (Wildman–Crippen LogP) is 4.39. The van der Waals surface area contributed by atoms with Crippen LogP contribution in [0.4, 0.5) is 5.13 Å². The summed E-state index contributed by atoms with van der Waals surface area (Å²) in [5.41, 5.74) is 0.979. The number of benzene rings is 2. The normalized spacial score (nSPS) is 14.8. The van der Waals surface area contributed by atoms with Gasteiger partial charge in [-0.15, -0.1) is 11.8 Å². The number of thiazole rings is 1. The Morgan fingerprint density at radius 2 is 1.88 bits per heavy atom. The van der Waals surface area contributed by atoms with Crippen molar-refractivity contribution in [1.82, 2.24) is 9.88 Å². The summed E-state index contributed by atoms with van der Waals surface area (Å²) in [6, 6.07) is 15.8. The zero-order valence-corrected chi connectivity index (χ0v) is 16.5. The van der Waals surface area contributed by atoms with Crippen LogP contribution in [0.15, 0.2) is 53.4 Å². The van der Waals surface area contributed by atoms with Crippen LogP contribution in [0, 0.1) is 0 Å². The Morgan fingerprint density at radius 3 is 2.65 bits per heavy atom. The number of rotatable bonds is 4. The predicted molar refractivity (Wildman–Crippen MR) is 111 cm³/mol. The van der Waals surface area contributed by atoms with E-state index in [1.807, 2.05) is 53.4 Å². The number of fused-ring (bicyclic) bond motifs is 1. The van der Waals surface area contributed by atoms with E-state index < -0.39 is 0 Å². The van der Waals surface area contributed by atoms with Crippen LogP contribution >= 0.6 is 34.7 Å². The molecule has 1 aliphatic heterocycles. The monoisotopic (exact) mass is 403 g/mol. The average molecular weight is 404 g/mol. The summed E-state index contributed by atoms with van der Waals surface area (Å²) in [6.45, 7) is 3.11. The lowest BCUT2D eigenvalue weighted by Gasteiger charge is -2.34. The Morgan fingerprint density at radius 1 is 1.12 bits per heavy atom. The van der Waals surface area contributed by atoms with Crippen LogP contribution in [0.2, 0.25) is 5.02 Å². The zero-order valence-electron chi connectivity index (χ0n) is 14.1. The van der Waals surface area contributed by atoms with Gasteiger partial charge in [0, 0.05) is 36.1 Å². The van der Waals surface area contributed by atoms with Crippen LogP contribution in [-0.2, 0) is 4.79 Å². The fourth-order valence-corrected chi connectivity index (χ4v) is 5.04. The molecule has 0 bridgehead atoms. The topological polar surface area (TPSA) is 36.4 Å². The van der Waals surface area contributed by atoms with E-state index in [2.05, 4.69) is 4.90 Å². The van der Waals surface area contributed by atoms with Gasteiger partial charge in [-0.3, -0.25) is 4.79 Å². The van der Waals surface area contributed by atoms with Gasteiger partial charge >= 0.3 is 0 Å². The van der Waals surface area contributed by atoms with E-state index in [0.717, 1.165) is 51.4 Å². The molecule has 0 aliphatic carbocycles. The molecule has 4 nitrogen and oxygen atoms in total. The maximum absolute atomic E-state index is 12.5. The van der Waals surface area contributed by atoms with E-state index in [0.29, 0.717) is 5.75 Å². The van der Waals surface area contributed by atoms with Crippen LogP contribution in [0.1, 0.15) is 0 Å². The average Bonchev–Trinajstić information content (AvgIpc) is 3.10. The Hall–Kier alpha value is -1.76. The number of hydrogen-bond acceptors (Lipinski definition) is 5. The third kappa shape index (κ3) is 3.98. The maximum atomic E-state index is 12.5. The quantitative estimate of drug-likeness (QED) is 0.605. The minimum absolute atomic E-state index is 0.203. The smallest absolute Gasteiger partial charge is 0.233 e. The van der Waals surface area contributed by atoms with Gasteiger partial charge in [-0.2, -0.15) is 0 Å². The van der Waals surface area contributed by atoms with Crippen molar-refractivity contribution in [2.24, 2.45) is 0 Å². The molecule has 1 amide bonds. The van der Waals surface area contributed by atoms with Crippen molar-refractivity contribution in [1.29, 1.82) is 0 Å². The Labute approximate surface area is 165 Å². The van der Waals surface area contributed by atoms with Gasteiger partial charge in [-0.25, -0.2) is 4.98 Å². The Balaban J connectivity index is 1.33. The Kier molecular flexibility index (Phi) is 5.33. The largest absolute Gasteiger partial charge is 0.345 e. The first-order valence-electron chi connectivity index (χ1n) is 8.46. The van der Waals surface area contributed by atoms with E-state index in [1.165, 1.54) is 0 Å². The lowest BCUT2D eigenvalue weighted by atomic mass is 10.3. The summed E-state index contributed by atoms with van der Waals surface area (Å²) in [4.78, 5) is 22.5. The van der Waals surface area contributed by atoms with Gasteiger partial charge in [0.05, 0.1) is 16.0 Å². The second-order valence-electron chi connectivity index (χ2n) is 6.08. The minimum atomic E-state index is 0.203. The number of carbonyl (C=O) groups is 1. The fourth-order valence-electron chi connectivity index (χ4n) is 2.92. The number of thioether (sulfide) groups is 1. The molecule has 0 unspecified atom stereocenters. The van der Waals surface area contributed by atoms with E-state index in [9.17, 15) is 4.79 Å². The van der Waals surface area contributed by atoms with E-state index in [4.69, 9.17) is 16.6 Å². The highest BCUT2D eigenvalue weighted by Crippen LogP contribution is 2.31. The first-order chi connectivity index (χ1) is 12.7. The van der Waals surface area contributed by atoms with E-state index >= 15 is 0 Å². The molecule has 134 valence electrons. The fraction of sp³-hybridized carbons (Fsp3) is 0.263. The number of hydrogen-bond donors (Lipinski definition) is 0. The summed E-state index contributed by atoms with van der Waals surface area (Å²) < 4.78 is 1.10. The summed E-state index contributed by atoms with van der Waals surface area (Å²) in [6.07, 6.45) is 0. The molecular formula is C19H18ClN3OS2. The molecule has 2 aromatic carbocycles. The highest BCUT2D eigenvalue weighted by molar-refractivity contribution is 8.00. The third-order valence-corrected chi connectivity index (χ3v) is 6.66. The molecule has 2 heterocycles. The molecule has 4 rings (SSSR count). The summed E-state index contributed by atoms with van der Waals surface area (Å²) >= 11 is 9.31. The molecular weight excluding hydrogens is 386 g/mol. The van der Waals surface area contributed by atoms with Crippen molar-refractivity contribution in [3.63, 3.8) is 0 Å². The number of aromatic nitrogens is 1. The molecule has 1 aromatic heterocycles. The van der Waals surface area contributed by atoms with Crippen LogP contribution in [0.5, 0.6) is 0 Å². The van der Waals surface area contributed by atoms with Gasteiger partial charge < -0.3 is 9.80 Å². The van der Waals surface area contributed by atoms with Gasteiger partial charge in [-0.1, -0.05) is 41.1 Å². The number of piperazine rings is 1. The highest BCUT2D eigenvalue weighted by Gasteiger charge is 2.23. The van der Waals surface area contributed by atoms with Crippen molar-refractivity contribution in [3.8, 4) is 0 Å². The second-order valence-corrected chi connectivity index (χ2v) is 8.57. The molecule has 0 radical (unpaired) electrons. The molecule has 7 heteroatoms. The zero-order chi connectivity index (χ0) is 17.9. The van der Waals surface area contributed by atoms with Crippen molar-refractivity contribution in [3.05, 3.63) is 53.6 Å². The highest BCUT2D eigenvalue weighted by atomic mass is 35.5. The molecule has 1 saturated heterocycles. The molecule has 0 spiro atoms. The Bertz CT molecular complexity index is 908. The molecule has 1 aliphatic rings. The first-order valence-corrected chi connectivity index (χ1v) is 10.6. The number of amides is 1. The third-order valence-electron chi connectivity index (χ3n) is 4.35. The maximum Gasteiger partial charge on any atom is 0.233 e. The van der Waals surface area contributed by atoms with Gasteiger partial charge in [0.25, 0.3) is 0 Å². The molecule has 26 heavy (non-hydrogen) atoms.